The molecule has 0 N–H and O–H groups in total. The molecule has 1 rings (SSSR count). The molecule has 3 nitrogen and oxygen atoms in total. The minimum Gasteiger partial charge on any atom is -0.463 e. The van der Waals surface area contributed by atoms with Gasteiger partial charge in [-0.05, 0) is 26.8 Å². The molecule has 3 heteroatoms. The van der Waals surface area contributed by atoms with E-state index in [4.69, 9.17) is 4.74 Å². The SMILES string of the molecule is CCOC(=O)/C=C/CN(C)C1CCCCCC1. The van der Waals surface area contributed by atoms with Crippen molar-refractivity contribution in [2.75, 3.05) is 20.2 Å². The van der Waals surface area contributed by atoms with Gasteiger partial charge in [-0.2, -0.15) is 0 Å². The van der Waals surface area contributed by atoms with Crippen LogP contribution in [-0.4, -0.2) is 37.1 Å². The van der Waals surface area contributed by atoms with Crippen molar-refractivity contribution in [3.8, 4) is 0 Å². The number of hydrogen-bond donors (Lipinski definition) is 0. The summed E-state index contributed by atoms with van der Waals surface area (Å²) in [5, 5.41) is 0. The highest BCUT2D eigenvalue weighted by Crippen LogP contribution is 2.20. The van der Waals surface area contributed by atoms with Crippen LogP contribution < -0.4 is 0 Å². The van der Waals surface area contributed by atoms with Gasteiger partial charge in [0.25, 0.3) is 0 Å². The predicted octanol–water partition coefficient (Wildman–Crippen LogP) is 2.76. The number of ether oxygens (including phenoxy) is 1. The highest BCUT2D eigenvalue weighted by Gasteiger charge is 2.15. The van der Waals surface area contributed by atoms with Crippen LogP contribution in [-0.2, 0) is 9.53 Å². The van der Waals surface area contributed by atoms with Crippen molar-refractivity contribution in [2.24, 2.45) is 0 Å². The van der Waals surface area contributed by atoms with Crippen LogP contribution >= 0.6 is 0 Å². The zero-order valence-corrected chi connectivity index (χ0v) is 11.2. The third-order valence-electron chi connectivity index (χ3n) is 3.38. The Balaban J connectivity index is 2.27. The second-order valence-electron chi connectivity index (χ2n) is 4.74. The third kappa shape index (κ3) is 5.87. The van der Waals surface area contributed by atoms with Gasteiger partial charge in [-0.15, -0.1) is 0 Å². The summed E-state index contributed by atoms with van der Waals surface area (Å²) in [4.78, 5) is 13.5. The summed E-state index contributed by atoms with van der Waals surface area (Å²) >= 11 is 0. The molecule has 0 saturated heterocycles. The minimum atomic E-state index is -0.234. The van der Waals surface area contributed by atoms with Crippen molar-refractivity contribution in [3.63, 3.8) is 0 Å². The van der Waals surface area contributed by atoms with E-state index in [-0.39, 0.29) is 5.97 Å². The molecule has 0 unspecified atom stereocenters. The monoisotopic (exact) mass is 239 g/mol. The number of rotatable bonds is 5. The molecule has 98 valence electrons. The summed E-state index contributed by atoms with van der Waals surface area (Å²) in [5.41, 5.74) is 0. The number of likely N-dealkylation sites (N-methyl/N-ethyl adjacent to an activating group) is 1. The Morgan fingerprint density at radius 3 is 2.53 bits per heavy atom. The van der Waals surface area contributed by atoms with Crippen LogP contribution in [0.3, 0.4) is 0 Å². The Labute approximate surface area is 105 Å². The Kier molecular flexibility index (Phi) is 6.94. The van der Waals surface area contributed by atoms with E-state index < -0.39 is 0 Å². The van der Waals surface area contributed by atoms with Crippen molar-refractivity contribution in [3.05, 3.63) is 12.2 Å². The van der Waals surface area contributed by atoms with Gasteiger partial charge >= 0.3 is 5.97 Å². The zero-order chi connectivity index (χ0) is 12.5. The summed E-state index contributed by atoms with van der Waals surface area (Å²) in [6, 6.07) is 0.685. The van der Waals surface area contributed by atoms with Gasteiger partial charge in [0.1, 0.15) is 0 Å². The second-order valence-corrected chi connectivity index (χ2v) is 4.74. The lowest BCUT2D eigenvalue weighted by molar-refractivity contribution is -0.137. The fourth-order valence-electron chi connectivity index (χ4n) is 2.35. The van der Waals surface area contributed by atoms with Gasteiger partial charge in [-0.1, -0.05) is 31.8 Å². The number of carbonyl (C=O) groups is 1. The van der Waals surface area contributed by atoms with E-state index in [9.17, 15) is 4.79 Å². The van der Waals surface area contributed by atoms with Crippen LogP contribution in [0.25, 0.3) is 0 Å². The molecule has 1 aliphatic carbocycles. The van der Waals surface area contributed by atoms with Gasteiger partial charge in [0.05, 0.1) is 6.61 Å². The highest BCUT2D eigenvalue weighted by atomic mass is 16.5. The maximum Gasteiger partial charge on any atom is 0.330 e. The van der Waals surface area contributed by atoms with E-state index in [1.165, 1.54) is 44.6 Å². The lowest BCUT2D eigenvalue weighted by Crippen LogP contribution is -2.31. The van der Waals surface area contributed by atoms with Gasteiger partial charge in [0, 0.05) is 18.7 Å². The van der Waals surface area contributed by atoms with Gasteiger partial charge in [-0.25, -0.2) is 4.79 Å². The lowest BCUT2D eigenvalue weighted by Gasteiger charge is -2.25. The quantitative estimate of drug-likeness (QED) is 0.420. The normalized spacial score (nSPS) is 18.5. The van der Waals surface area contributed by atoms with Crippen LogP contribution in [0.4, 0.5) is 0 Å². The van der Waals surface area contributed by atoms with Crippen molar-refractivity contribution in [1.82, 2.24) is 4.90 Å². The van der Waals surface area contributed by atoms with E-state index in [0.29, 0.717) is 12.6 Å². The van der Waals surface area contributed by atoms with E-state index in [1.807, 2.05) is 13.0 Å². The zero-order valence-electron chi connectivity index (χ0n) is 11.2. The number of esters is 1. The fraction of sp³-hybridized carbons (Fsp3) is 0.786. The van der Waals surface area contributed by atoms with Crippen LogP contribution in [0.15, 0.2) is 12.2 Å². The lowest BCUT2D eigenvalue weighted by atomic mass is 10.1. The molecule has 1 aliphatic rings. The largest absolute Gasteiger partial charge is 0.463 e. The standard InChI is InChI=1S/C14H25NO2/c1-3-17-14(16)11-8-12-15(2)13-9-6-4-5-7-10-13/h8,11,13H,3-7,9-10,12H2,1-2H3/b11-8+. The second kappa shape index (κ2) is 8.29. The highest BCUT2D eigenvalue weighted by molar-refractivity contribution is 5.81. The predicted molar refractivity (Wildman–Crippen MR) is 69.9 cm³/mol. The Hall–Kier alpha value is -0.830. The fourth-order valence-corrected chi connectivity index (χ4v) is 2.35. The minimum absolute atomic E-state index is 0.234. The molecule has 0 radical (unpaired) electrons. The topological polar surface area (TPSA) is 29.5 Å². The summed E-state index contributed by atoms with van der Waals surface area (Å²) in [6.45, 7) is 3.11. The average molecular weight is 239 g/mol. The Morgan fingerprint density at radius 1 is 1.29 bits per heavy atom. The molecule has 0 aromatic carbocycles. The van der Waals surface area contributed by atoms with E-state index in [2.05, 4.69) is 11.9 Å². The third-order valence-corrected chi connectivity index (χ3v) is 3.38. The van der Waals surface area contributed by atoms with Gasteiger partial charge in [0.15, 0.2) is 0 Å². The smallest absolute Gasteiger partial charge is 0.330 e. The Bertz CT molecular complexity index is 243. The van der Waals surface area contributed by atoms with Crippen molar-refractivity contribution in [1.29, 1.82) is 0 Å². The molecular weight excluding hydrogens is 214 g/mol. The molecular formula is C14H25NO2. The summed E-state index contributed by atoms with van der Waals surface area (Å²) in [5.74, 6) is -0.234. The molecule has 0 heterocycles. The molecule has 1 fully saturated rings. The van der Waals surface area contributed by atoms with Crippen LogP contribution in [0.2, 0.25) is 0 Å². The summed E-state index contributed by atoms with van der Waals surface area (Å²) in [7, 11) is 2.14. The molecule has 0 aromatic rings. The first-order chi connectivity index (χ1) is 8.24. The molecule has 0 atom stereocenters. The molecule has 0 aromatic heterocycles. The maximum atomic E-state index is 11.1. The Morgan fingerprint density at radius 2 is 1.94 bits per heavy atom. The number of nitrogens with zero attached hydrogens (tertiary/aromatic N) is 1. The van der Waals surface area contributed by atoms with Crippen LogP contribution in [0.1, 0.15) is 45.4 Å². The van der Waals surface area contributed by atoms with E-state index in [0.717, 1.165) is 6.54 Å². The van der Waals surface area contributed by atoms with Crippen molar-refractivity contribution in [2.45, 2.75) is 51.5 Å². The molecule has 0 bridgehead atoms. The molecule has 1 saturated carbocycles. The molecule has 17 heavy (non-hydrogen) atoms. The first-order valence-electron chi connectivity index (χ1n) is 6.77. The molecule has 0 amide bonds. The first kappa shape index (κ1) is 14.2. The van der Waals surface area contributed by atoms with Gasteiger partial charge < -0.3 is 4.74 Å². The first-order valence-corrected chi connectivity index (χ1v) is 6.77. The maximum absolute atomic E-state index is 11.1. The van der Waals surface area contributed by atoms with Crippen molar-refractivity contribution < 1.29 is 9.53 Å². The average Bonchev–Trinajstić information content (AvgIpc) is 2.57. The van der Waals surface area contributed by atoms with Crippen LogP contribution in [0.5, 0.6) is 0 Å². The van der Waals surface area contributed by atoms with E-state index in [1.54, 1.807) is 0 Å². The molecule has 0 aliphatic heterocycles. The van der Waals surface area contributed by atoms with Gasteiger partial charge in [0.2, 0.25) is 0 Å². The summed E-state index contributed by atoms with van der Waals surface area (Å²) < 4.78 is 4.84. The molecule has 0 spiro atoms. The van der Waals surface area contributed by atoms with Crippen molar-refractivity contribution >= 4 is 5.97 Å². The van der Waals surface area contributed by atoms with E-state index >= 15 is 0 Å². The van der Waals surface area contributed by atoms with Gasteiger partial charge in [-0.3, -0.25) is 4.90 Å². The number of hydrogen-bond acceptors (Lipinski definition) is 3. The summed E-state index contributed by atoms with van der Waals surface area (Å²) in [6.07, 6.45) is 11.5. The van der Waals surface area contributed by atoms with Crippen LogP contribution in [0, 0.1) is 0 Å². The number of carbonyl (C=O) groups excluding carboxylic acids is 1.